The maximum absolute atomic E-state index is 10.9. The van der Waals surface area contributed by atoms with E-state index < -0.39 is 5.97 Å². The molecular weight excluding hydrogens is 240 g/mol. The first-order valence-electron chi connectivity index (χ1n) is 6.36. The van der Waals surface area contributed by atoms with Crippen LogP contribution in [0, 0.1) is 0 Å². The second kappa shape index (κ2) is 5.80. The maximum Gasteiger partial charge on any atom is 0.317 e. The second-order valence-electron chi connectivity index (χ2n) is 4.93. The normalized spacial score (nSPS) is 11.4. The van der Waals surface area contributed by atoms with Crippen LogP contribution in [0.4, 0.5) is 0 Å². The van der Waals surface area contributed by atoms with Crippen LogP contribution in [-0.4, -0.2) is 33.5 Å². The van der Waals surface area contributed by atoms with E-state index in [1.54, 1.807) is 0 Å². The Balaban J connectivity index is 2.21. The predicted octanol–water partition coefficient (Wildman–Crippen LogP) is 2.53. The lowest BCUT2D eigenvalue weighted by Gasteiger charge is -2.24. The van der Waals surface area contributed by atoms with E-state index in [1.807, 2.05) is 49.2 Å². The third-order valence-corrected chi connectivity index (χ3v) is 3.10. The van der Waals surface area contributed by atoms with E-state index in [-0.39, 0.29) is 12.6 Å². The van der Waals surface area contributed by atoms with Crippen LogP contribution in [0.1, 0.15) is 19.4 Å². The molecule has 1 aromatic carbocycles. The third-order valence-electron chi connectivity index (χ3n) is 3.10. The van der Waals surface area contributed by atoms with Crippen molar-refractivity contribution in [3.05, 3.63) is 42.1 Å². The molecule has 1 N–H and O–H groups in total. The molecule has 0 amide bonds. The molecule has 0 radical (unpaired) electrons. The molecule has 2 aromatic rings. The van der Waals surface area contributed by atoms with Crippen molar-refractivity contribution in [2.45, 2.75) is 26.4 Å². The van der Waals surface area contributed by atoms with Gasteiger partial charge in [-0.3, -0.25) is 14.7 Å². The molecule has 4 nitrogen and oxygen atoms in total. The topological polar surface area (TPSA) is 53.4 Å². The number of aromatic nitrogens is 1. The summed E-state index contributed by atoms with van der Waals surface area (Å²) in [4.78, 5) is 17.2. The highest BCUT2D eigenvalue weighted by atomic mass is 16.4. The van der Waals surface area contributed by atoms with Crippen LogP contribution in [0.15, 0.2) is 36.5 Å². The minimum Gasteiger partial charge on any atom is -0.480 e. The second-order valence-corrected chi connectivity index (χ2v) is 4.93. The van der Waals surface area contributed by atoms with E-state index in [9.17, 15) is 4.79 Å². The average Bonchev–Trinajstić information content (AvgIpc) is 2.37. The number of hydrogen-bond acceptors (Lipinski definition) is 3. The first-order valence-corrected chi connectivity index (χ1v) is 6.36. The zero-order chi connectivity index (χ0) is 13.8. The highest BCUT2D eigenvalue weighted by Crippen LogP contribution is 2.15. The van der Waals surface area contributed by atoms with Crippen molar-refractivity contribution >= 4 is 16.9 Å². The summed E-state index contributed by atoms with van der Waals surface area (Å²) in [5.74, 6) is -0.803. The average molecular weight is 258 g/mol. The van der Waals surface area contributed by atoms with Crippen molar-refractivity contribution in [3.8, 4) is 0 Å². The monoisotopic (exact) mass is 258 g/mol. The minimum absolute atomic E-state index is 0.0461. The van der Waals surface area contributed by atoms with E-state index >= 15 is 0 Å². The van der Waals surface area contributed by atoms with Crippen LogP contribution in [-0.2, 0) is 11.3 Å². The molecule has 1 aromatic heterocycles. The van der Waals surface area contributed by atoms with Gasteiger partial charge in [-0.15, -0.1) is 0 Å². The van der Waals surface area contributed by atoms with Gasteiger partial charge >= 0.3 is 5.97 Å². The highest BCUT2D eigenvalue weighted by molar-refractivity contribution is 5.78. The SMILES string of the molecule is CC(C)N(CC(=O)O)Cc1cnc2ccccc2c1. The molecule has 0 saturated heterocycles. The van der Waals surface area contributed by atoms with Gasteiger partial charge in [0.1, 0.15) is 0 Å². The quantitative estimate of drug-likeness (QED) is 0.895. The predicted molar refractivity (Wildman–Crippen MR) is 74.9 cm³/mol. The number of aliphatic carboxylic acids is 1. The molecule has 0 aliphatic rings. The number of rotatable bonds is 5. The van der Waals surface area contributed by atoms with Gasteiger partial charge < -0.3 is 5.11 Å². The van der Waals surface area contributed by atoms with Crippen LogP contribution in [0.2, 0.25) is 0 Å². The molecule has 0 aliphatic carbocycles. The lowest BCUT2D eigenvalue weighted by atomic mass is 10.1. The van der Waals surface area contributed by atoms with Crippen molar-refractivity contribution in [3.63, 3.8) is 0 Å². The smallest absolute Gasteiger partial charge is 0.317 e. The Kier molecular flexibility index (Phi) is 4.12. The Morgan fingerprint density at radius 3 is 2.79 bits per heavy atom. The molecule has 19 heavy (non-hydrogen) atoms. The number of fused-ring (bicyclic) bond motifs is 1. The Morgan fingerprint density at radius 2 is 2.11 bits per heavy atom. The van der Waals surface area contributed by atoms with E-state index in [4.69, 9.17) is 5.11 Å². The molecule has 0 unspecified atom stereocenters. The van der Waals surface area contributed by atoms with Crippen molar-refractivity contribution in [2.24, 2.45) is 0 Å². The minimum atomic E-state index is -0.803. The lowest BCUT2D eigenvalue weighted by Crippen LogP contribution is -2.35. The van der Waals surface area contributed by atoms with E-state index in [2.05, 4.69) is 11.1 Å². The number of carbonyl (C=O) groups is 1. The maximum atomic E-state index is 10.9. The molecule has 4 heteroatoms. The fourth-order valence-electron chi connectivity index (χ4n) is 2.03. The Bertz CT molecular complexity index is 581. The summed E-state index contributed by atoms with van der Waals surface area (Å²) in [6.07, 6.45) is 1.82. The fourth-order valence-corrected chi connectivity index (χ4v) is 2.03. The Hall–Kier alpha value is -1.94. The first-order chi connectivity index (χ1) is 9.06. The van der Waals surface area contributed by atoms with Crippen LogP contribution in [0.25, 0.3) is 10.9 Å². The van der Waals surface area contributed by atoms with Crippen LogP contribution < -0.4 is 0 Å². The highest BCUT2D eigenvalue weighted by Gasteiger charge is 2.14. The van der Waals surface area contributed by atoms with Crippen LogP contribution >= 0.6 is 0 Å². The van der Waals surface area contributed by atoms with Crippen molar-refractivity contribution < 1.29 is 9.90 Å². The summed E-state index contributed by atoms with van der Waals surface area (Å²) >= 11 is 0. The molecule has 1 heterocycles. The van der Waals surface area contributed by atoms with E-state index in [0.717, 1.165) is 16.5 Å². The van der Waals surface area contributed by atoms with E-state index in [1.165, 1.54) is 0 Å². The number of benzene rings is 1. The standard InChI is InChI=1S/C15H18N2O2/c1-11(2)17(10-15(18)19)9-12-7-13-5-3-4-6-14(13)16-8-12/h3-8,11H,9-10H2,1-2H3,(H,18,19). The first kappa shape index (κ1) is 13.5. The summed E-state index contributed by atoms with van der Waals surface area (Å²) in [6.45, 7) is 4.64. The van der Waals surface area contributed by atoms with Gasteiger partial charge in [0.2, 0.25) is 0 Å². The molecule has 2 rings (SSSR count). The molecule has 0 saturated carbocycles. The third kappa shape index (κ3) is 3.51. The van der Waals surface area contributed by atoms with Gasteiger partial charge in [0.05, 0.1) is 12.1 Å². The summed E-state index contributed by atoms with van der Waals surface area (Å²) < 4.78 is 0. The summed E-state index contributed by atoms with van der Waals surface area (Å²) in [5, 5.41) is 10.0. The summed E-state index contributed by atoms with van der Waals surface area (Å²) in [5.41, 5.74) is 1.99. The molecule has 0 atom stereocenters. The van der Waals surface area contributed by atoms with Gasteiger partial charge in [0, 0.05) is 24.2 Å². The molecule has 0 fully saturated rings. The van der Waals surface area contributed by atoms with Gasteiger partial charge in [0.25, 0.3) is 0 Å². The van der Waals surface area contributed by atoms with Gasteiger partial charge in [-0.2, -0.15) is 0 Å². The number of carboxylic acids is 1. The molecule has 0 spiro atoms. The summed E-state index contributed by atoms with van der Waals surface area (Å²) in [6, 6.07) is 10.2. The Labute approximate surface area is 112 Å². The molecule has 0 bridgehead atoms. The van der Waals surface area contributed by atoms with E-state index in [0.29, 0.717) is 6.54 Å². The molecule has 100 valence electrons. The van der Waals surface area contributed by atoms with Crippen molar-refractivity contribution in [1.29, 1.82) is 0 Å². The Morgan fingerprint density at radius 1 is 1.37 bits per heavy atom. The molecular formula is C15H18N2O2. The molecule has 0 aliphatic heterocycles. The van der Waals surface area contributed by atoms with Crippen LogP contribution in [0.3, 0.4) is 0 Å². The number of carboxylic acid groups (broad SMARTS) is 1. The van der Waals surface area contributed by atoms with Gasteiger partial charge in [-0.1, -0.05) is 18.2 Å². The fraction of sp³-hybridized carbons (Fsp3) is 0.333. The number of nitrogens with zero attached hydrogens (tertiary/aromatic N) is 2. The zero-order valence-electron chi connectivity index (χ0n) is 11.2. The van der Waals surface area contributed by atoms with Crippen molar-refractivity contribution in [1.82, 2.24) is 9.88 Å². The number of para-hydroxylation sites is 1. The number of pyridine rings is 1. The summed E-state index contributed by atoms with van der Waals surface area (Å²) in [7, 11) is 0. The van der Waals surface area contributed by atoms with Gasteiger partial charge in [0.15, 0.2) is 0 Å². The zero-order valence-corrected chi connectivity index (χ0v) is 11.2. The largest absolute Gasteiger partial charge is 0.480 e. The van der Waals surface area contributed by atoms with Crippen LogP contribution in [0.5, 0.6) is 0 Å². The van der Waals surface area contributed by atoms with Gasteiger partial charge in [-0.05, 0) is 31.5 Å². The number of hydrogen-bond donors (Lipinski definition) is 1. The van der Waals surface area contributed by atoms with Crippen molar-refractivity contribution in [2.75, 3.05) is 6.54 Å². The van der Waals surface area contributed by atoms with Gasteiger partial charge in [-0.25, -0.2) is 0 Å². The lowest BCUT2D eigenvalue weighted by molar-refractivity contribution is -0.138.